The normalized spacial score (nSPS) is 11.9. The molecule has 4 nitrogen and oxygen atoms in total. The lowest BCUT2D eigenvalue weighted by Gasteiger charge is -2.15. The van der Waals surface area contributed by atoms with Crippen LogP contribution in [0.4, 0.5) is 5.69 Å². The molecule has 2 aromatic rings. The number of nitrogens with zero attached hydrogens (tertiary/aromatic N) is 1. The minimum absolute atomic E-state index is 0.0949. The van der Waals surface area contributed by atoms with Crippen molar-refractivity contribution in [3.63, 3.8) is 0 Å². The van der Waals surface area contributed by atoms with Crippen molar-refractivity contribution in [1.29, 1.82) is 0 Å². The summed E-state index contributed by atoms with van der Waals surface area (Å²) in [5, 5.41) is 10.9. The van der Waals surface area contributed by atoms with Gasteiger partial charge >= 0.3 is 0 Å². The van der Waals surface area contributed by atoms with Crippen LogP contribution in [0.1, 0.15) is 18.6 Å². The Labute approximate surface area is 129 Å². The number of halogens is 2. The first kappa shape index (κ1) is 14.8. The minimum atomic E-state index is -0.529. The van der Waals surface area contributed by atoms with E-state index in [1.807, 2.05) is 31.2 Å². The largest absolute Gasteiger partial charge is 0.486 e. The third-order valence-electron chi connectivity index (χ3n) is 2.75. The van der Waals surface area contributed by atoms with Gasteiger partial charge < -0.3 is 4.74 Å². The van der Waals surface area contributed by atoms with E-state index in [-0.39, 0.29) is 16.8 Å². The smallest absolute Gasteiger partial charge is 0.291 e. The van der Waals surface area contributed by atoms with Crippen molar-refractivity contribution in [2.75, 3.05) is 0 Å². The van der Waals surface area contributed by atoms with E-state index in [2.05, 4.69) is 15.9 Å². The van der Waals surface area contributed by atoms with Gasteiger partial charge in [-0.05, 0) is 36.8 Å². The average molecular weight is 357 g/mol. The van der Waals surface area contributed by atoms with Crippen LogP contribution in [-0.4, -0.2) is 4.92 Å². The molecule has 0 aliphatic rings. The first-order chi connectivity index (χ1) is 9.47. The summed E-state index contributed by atoms with van der Waals surface area (Å²) >= 11 is 9.16. The molecule has 0 amide bonds. The van der Waals surface area contributed by atoms with Gasteiger partial charge in [0.25, 0.3) is 5.69 Å². The molecule has 0 saturated carbocycles. The summed E-state index contributed by atoms with van der Waals surface area (Å²) in [7, 11) is 0. The van der Waals surface area contributed by atoms with Crippen molar-refractivity contribution in [3.8, 4) is 5.75 Å². The molecule has 0 spiro atoms. The van der Waals surface area contributed by atoms with Crippen LogP contribution in [0.25, 0.3) is 0 Å². The monoisotopic (exact) mass is 355 g/mol. The topological polar surface area (TPSA) is 52.4 Å². The summed E-state index contributed by atoms with van der Waals surface area (Å²) < 4.78 is 6.67. The van der Waals surface area contributed by atoms with Gasteiger partial charge in [0, 0.05) is 4.47 Å². The Bertz CT molecular complexity index is 648. The van der Waals surface area contributed by atoms with Crippen LogP contribution in [0.2, 0.25) is 5.02 Å². The van der Waals surface area contributed by atoms with Gasteiger partial charge in [-0.3, -0.25) is 10.1 Å². The second-order valence-corrected chi connectivity index (χ2v) is 5.51. The highest BCUT2D eigenvalue weighted by atomic mass is 79.9. The van der Waals surface area contributed by atoms with E-state index < -0.39 is 4.92 Å². The van der Waals surface area contributed by atoms with Gasteiger partial charge in [-0.2, -0.15) is 0 Å². The molecular weight excluding hydrogens is 346 g/mol. The van der Waals surface area contributed by atoms with Crippen molar-refractivity contribution in [3.05, 3.63) is 67.6 Å². The lowest BCUT2D eigenvalue weighted by atomic mass is 10.1. The molecule has 2 aromatic carbocycles. The summed E-state index contributed by atoms with van der Waals surface area (Å²) in [6.07, 6.45) is -0.228. The summed E-state index contributed by atoms with van der Waals surface area (Å²) in [6.45, 7) is 1.88. The van der Waals surface area contributed by atoms with E-state index in [1.165, 1.54) is 12.1 Å². The van der Waals surface area contributed by atoms with Crippen LogP contribution in [0.15, 0.2) is 46.9 Å². The standard InChI is InChI=1S/C14H11BrClNO3/c1-9(10-3-2-4-11(15)7-10)20-12-5-6-13(16)14(8-12)17(18)19/h2-9H,1H3/t9-/m1/s1. The van der Waals surface area contributed by atoms with Gasteiger partial charge in [0.1, 0.15) is 16.9 Å². The molecule has 0 bridgehead atoms. The first-order valence-electron chi connectivity index (χ1n) is 5.83. The van der Waals surface area contributed by atoms with Crippen LogP contribution in [-0.2, 0) is 0 Å². The first-order valence-corrected chi connectivity index (χ1v) is 7.00. The molecular formula is C14H11BrClNO3. The molecule has 0 fully saturated rings. The molecule has 20 heavy (non-hydrogen) atoms. The summed E-state index contributed by atoms with van der Waals surface area (Å²) in [4.78, 5) is 10.3. The van der Waals surface area contributed by atoms with E-state index in [0.717, 1.165) is 10.0 Å². The Morgan fingerprint density at radius 3 is 2.70 bits per heavy atom. The second kappa shape index (κ2) is 6.24. The van der Waals surface area contributed by atoms with E-state index in [9.17, 15) is 10.1 Å². The quantitative estimate of drug-likeness (QED) is 0.562. The van der Waals surface area contributed by atoms with Gasteiger partial charge in [0.15, 0.2) is 0 Å². The Morgan fingerprint density at radius 2 is 2.05 bits per heavy atom. The summed E-state index contributed by atoms with van der Waals surface area (Å²) in [5.41, 5.74) is 0.808. The highest BCUT2D eigenvalue weighted by Gasteiger charge is 2.15. The molecule has 104 valence electrons. The number of hydrogen-bond donors (Lipinski definition) is 0. The van der Waals surface area contributed by atoms with Crippen LogP contribution in [0.5, 0.6) is 5.75 Å². The molecule has 0 heterocycles. The van der Waals surface area contributed by atoms with Gasteiger partial charge in [0.2, 0.25) is 0 Å². The van der Waals surface area contributed by atoms with Gasteiger partial charge in [-0.15, -0.1) is 0 Å². The van der Waals surface area contributed by atoms with Gasteiger partial charge in [0.05, 0.1) is 11.0 Å². The van der Waals surface area contributed by atoms with E-state index in [4.69, 9.17) is 16.3 Å². The van der Waals surface area contributed by atoms with Crippen LogP contribution in [0, 0.1) is 10.1 Å². The van der Waals surface area contributed by atoms with Crippen LogP contribution >= 0.6 is 27.5 Å². The van der Waals surface area contributed by atoms with Crippen molar-refractivity contribution in [2.24, 2.45) is 0 Å². The fraction of sp³-hybridized carbons (Fsp3) is 0.143. The Hall–Kier alpha value is -1.59. The number of benzene rings is 2. The number of ether oxygens (including phenoxy) is 1. The fourth-order valence-electron chi connectivity index (χ4n) is 1.74. The molecule has 0 aliphatic carbocycles. The van der Waals surface area contributed by atoms with Crippen molar-refractivity contribution in [2.45, 2.75) is 13.0 Å². The van der Waals surface area contributed by atoms with E-state index in [0.29, 0.717) is 5.75 Å². The Kier molecular flexibility index (Phi) is 4.62. The average Bonchev–Trinajstić information content (AvgIpc) is 2.40. The maximum atomic E-state index is 10.8. The minimum Gasteiger partial charge on any atom is -0.486 e. The lowest BCUT2D eigenvalue weighted by Crippen LogP contribution is -2.03. The molecule has 0 aliphatic heterocycles. The molecule has 0 aromatic heterocycles. The SMILES string of the molecule is C[C@@H](Oc1ccc(Cl)c([N+](=O)[O-])c1)c1cccc(Br)c1. The summed E-state index contributed by atoms with van der Waals surface area (Å²) in [6, 6.07) is 12.1. The Morgan fingerprint density at radius 1 is 1.30 bits per heavy atom. The fourth-order valence-corrected chi connectivity index (χ4v) is 2.34. The molecule has 0 radical (unpaired) electrons. The van der Waals surface area contributed by atoms with Gasteiger partial charge in [-0.1, -0.05) is 39.7 Å². The number of nitro groups is 1. The zero-order chi connectivity index (χ0) is 14.7. The highest BCUT2D eigenvalue weighted by Crippen LogP contribution is 2.31. The molecule has 2 rings (SSSR count). The van der Waals surface area contributed by atoms with Crippen molar-refractivity contribution in [1.82, 2.24) is 0 Å². The van der Waals surface area contributed by atoms with Crippen LogP contribution in [0.3, 0.4) is 0 Å². The van der Waals surface area contributed by atoms with E-state index in [1.54, 1.807) is 6.07 Å². The zero-order valence-electron chi connectivity index (χ0n) is 10.5. The van der Waals surface area contributed by atoms with Gasteiger partial charge in [-0.25, -0.2) is 0 Å². The Balaban J connectivity index is 2.22. The summed E-state index contributed by atoms with van der Waals surface area (Å²) in [5.74, 6) is 0.411. The van der Waals surface area contributed by atoms with Crippen molar-refractivity contribution >= 4 is 33.2 Å². The lowest BCUT2D eigenvalue weighted by molar-refractivity contribution is -0.384. The molecule has 6 heteroatoms. The van der Waals surface area contributed by atoms with Crippen LogP contribution < -0.4 is 4.74 Å². The number of rotatable bonds is 4. The predicted molar refractivity (Wildman–Crippen MR) is 81.3 cm³/mol. The predicted octanol–water partition coefficient (Wildman–Crippen LogP) is 5.15. The third-order valence-corrected chi connectivity index (χ3v) is 3.56. The number of nitro benzene ring substituents is 1. The second-order valence-electron chi connectivity index (χ2n) is 4.19. The highest BCUT2D eigenvalue weighted by molar-refractivity contribution is 9.10. The van der Waals surface area contributed by atoms with Crippen molar-refractivity contribution < 1.29 is 9.66 Å². The molecule has 0 saturated heterocycles. The maximum absolute atomic E-state index is 10.8. The van der Waals surface area contributed by atoms with E-state index >= 15 is 0 Å². The molecule has 1 atom stereocenters. The third kappa shape index (κ3) is 3.49. The molecule has 0 N–H and O–H groups in total. The molecule has 0 unspecified atom stereocenters. The number of hydrogen-bond acceptors (Lipinski definition) is 3. The maximum Gasteiger partial charge on any atom is 0.291 e. The zero-order valence-corrected chi connectivity index (χ0v) is 12.9.